The molecule has 0 atom stereocenters. The highest BCUT2D eigenvalue weighted by atomic mass is 16.2. The Morgan fingerprint density at radius 1 is 0.967 bits per heavy atom. The number of anilines is 2. The molecule has 0 N–H and O–H groups in total. The van der Waals surface area contributed by atoms with Gasteiger partial charge in [0, 0.05) is 63.4 Å². The van der Waals surface area contributed by atoms with Crippen molar-refractivity contribution in [1.82, 2.24) is 24.6 Å². The number of hydrogen-bond acceptors (Lipinski definition) is 6. The second-order valence-electron chi connectivity index (χ2n) is 7.94. The van der Waals surface area contributed by atoms with Crippen LogP contribution in [0.2, 0.25) is 0 Å². The molecule has 2 aliphatic rings. The maximum atomic E-state index is 12.9. The second-order valence-corrected chi connectivity index (χ2v) is 7.94. The molecule has 0 unspecified atom stereocenters. The van der Waals surface area contributed by atoms with E-state index in [-0.39, 0.29) is 11.8 Å². The van der Waals surface area contributed by atoms with Crippen LogP contribution in [0.15, 0.2) is 55.1 Å². The van der Waals surface area contributed by atoms with Crippen molar-refractivity contribution in [2.45, 2.75) is 6.92 Å². The standard InChI is InChI=1S/C22H25N7O/c1-17-4-2-5-19(12-17)26-8-10-27(11-9-26)22(30)18-14-28(15-18)20-13-21(24-16-23-20)29-7-3-6-25-29/h2-7,12-13,16,18H,8-11,14-15H2,1H3. The van der Waals surface area contributed by atoms with E-state index >= 15 is 0 Å². The van der Waals surface area contributed by atoms with Crippen molar-refractivity contribution in [3.8, 4) is 5.82 Å². The first-order chi connectivity index (χ1) is 14.7. The largest absolute Gasteiger partial charge is 0.368 e. The van der Waals surface area contributed by atoms with Crippen LogP contribution in [-0.2, 0) is 4.79 Å². The molecule has 0 saturated carbocycles. The van der Waals surface area contributed by atoms with Gasteiger partial charge in [-0.05, 0) is 30.7 Å². The molecule has 2 saturated heterocycles. The van der Waals surface area contributed by atoms with Gasteiger partial charge in [0.05, 0.1) is 5.92 Å². The fraction of sp³-hybridized carbons (Fsp3) is 0.364. The Labute approximate surface area is 175 Å². The van der Waals surface area contributed by atoms with Gasteiger partial charge in [0.2, 0.25) is 5.91 Å². The van der Waals surface area contributed by atoms with Crippen LogP contribution in [0.3, 0.4) is 0 Å². The van der Waals surface area contributed by atoms with Crippen molar-refractivity contribution < 1.29 is 4.79 Å². The third-order valence-electron chi connectivity index (χ3n) is 5.89. The lowest BCUT2D eigenvalue weighted by atomic mass is 9.98. The summed E-state index contributed by atoms with van der Waals surface area (Å²) in [6.45, 7) is 6.83. The molecule has 0 spiro atoms. The molecule has 3 aromatic rings. The number of aryl methyl sites for hydroxylation is 1. The number of hydrogen-bond donors (Lipinski definition) is 0. The molecule has 1 aromatic carbocycles. The van der Waals surface area contributed by atoms with Crippen LogP contribution in [0.5, 0.6) is 0 Å². The number of carbonyl (C=O) groups excluding carboxylic acids is 1. The Hall–Kier alpha value is -3.42. The molecule has 2 aromatic heterocycles. The van der Waals surface area contributed by atoms with Gasteiger partial charge in [-0.25, -0.2) is 14.6 Å². The van der Waals surface area contributed by atoms with Crippen LogP contribution in [0.1, 0.15) is 5.56 Å². The third-order valence-corrected chi connectivity index (χ3v) is 5.89. The highest BCUT2D eigenvalue weighted by Crippen LogP contribution is 2.26. The Morgan fingerprint density at radius 3 is 2.50 bits per heavy atom. The first kappa shape index (κ1) is 18.6. The molecular weight excluding hydrogens is 378 g/mol. The van der Waals surface area contributed by atoms with E-state index in [0.717, 1.165) is 37.8 Å². The quantitative estimate of drug-likeness (QED) is 0.661. The van der Waals surface area contributed by atoms with E-state index in [9.17, 15) is 4.79 Å². The number of piperazine rings is 1. The number of carbonyl (C=O) groups is 1. The molecule has 1 amide bonds. The molecule has 2 aliphatic heterocycles. The van der Waals surface area contributed by atoms with Gasteiger partial charge in [0.1, 0.15) is 12.1 Å². The zero-order valence-electron chi connectivity index (χ0n) is 17.1. The summed E-state index contributed by atoms with van der Waals surface area (Å²) in [4.78, 5) is 28.1. The van der Waals surface area contributed by atoms with Crippen molar-refractivity contribution >= 4 is 17.4 Å². The van der Waals surface area contributed by atoms with Crippen molar-refractivity contribution in [2.75, 3.05) is 49.1 Å². The SMILES string of the molecule is Cc1cccc(N2CCN(C(=O)C3CN(c4cc(-n5cccn5)ncn4)C3)CC2)c1. The summed E-state index contributed by atoms with van der Waals surface area (Å²) >= 11 is 0. The summed E-state index contributed by atoms with van der Waals surface area (Å²) in [6.07, 6.45) is 5.12. The van der Waals surface area contributed by atoms with Crippen LogP contribution in [-0.4, -0.2) is 69.8 Å². The van der Waals surface area contributed by atoms with E-state index in [2.05, 4.69) is 56.1 Å². The number of aromatic nitrogens is 4. The molecule has 30 heavy (non-hydrogen) atoms. The maximum absolute atomic E-state index is 12.9. The summed E-state index contributed by atoms with van der Waals surface area (Å²) in [6, 6.07) is 12.3. The Bertz CT molecular complexity index is 1020. The molecule has 154 valence electrons. The van der Waals surface area contributed by atoms with Gasteiger partial charge >= 0.3 is 0 Å². The van der Waals surface area contributed by atoms with Gasteiger partial charge in [-0.15, -0.1) is 0 Å². The van der Waals surface area contributed by atoms with Gasteiger partial charge in [0.25, 0.3) is 0 Å². The summed E-state index contributed by atoms with van der Waals surface area (Å²) in [7, 11) is 0. The van der Waals surface area contributed by atoms with Gasteiger partial charge in [0.15, 0.2) is 5.82 Å². The topological polar surface area (TPSA) is 70.4 Å². The first-order valence-corrected chi connectivity index (χ1v) is 10.3. The molecule has 5 rings (SSSR count). The summed E-state index contributed by atoms with van der Waals surface area (Å²) in [5, 5.41) is 4.21. The predicted octanol–water partition coefficient (Wildman–Crippen LogP) is 1.76. The molecular formula is C22H25N7O. The minimum absolute atomic E-state index is 0.0404. The van der Waals surface area contributed by atoms with Crippen LogP contribution in [0, 0.1) is 12.8 Å². The third kappa shape index (κ3) is 3.60. The highest BCUT2D eigenvalue weighted by molar-refractivity contribution is 5.82. The van der Waals surface area contributed by atoms with Crippen molar-refractivity contribution in [2.24, 2.45) is 5.92 Å². The maximum Gasteiger partial charge on any atom is 0.229 e. The molecule has 0 bridgehead atoms. The normalized spacial score (nSPS) is 17.2. The fourth-order valence-electron chi connectivity index (χ4n) is 4.13. The van der Waals surface area contributed by atoms with E-state index in [1.165, 1.54) is 11.3 Å². The summed E-state index contributed by atoms with van der Waals surface area (Å²) in [5.41, 5.74) is 2.51. The Kier molecular flexibility index (Phi) is 4.82. The van der Waals surface area contributed by atoms with Gasteiger partial charge in [-0.1, -0.05) is 12.1 Å². The smallest absolute Gasteiger partial charge is 0.229 e. The van der Waals surface area contributed by atoms with Gasteiger partial charge in [-0.2, -0.15) is 5.10 Å². The summed E-state index contributed by atoms with van der Waals surface area (Å²) < 4.78 is 1.71. The minimum Gasteiger partial charge on any atom is -0.368 e. The van der Waals surface area contributed by atoms with Crippen LogP contribution in [0.4, 0.5) is 11.5 Å². The predicted molar refractivity (Wildman–Crippen MR) is 115 cm³/mol. The van der Waals surface area contributed by atoms with Crippen molar-refractivity contribution in [3.63, 3.8) is 0 Å². The van der Waals surface area contributed by atoms with Gasteiger partial charge in [-0.3, -0.25) is 4.79 Å². The average molecular weight is 403 g/mol. The van der Waals surface area contributed by atoms with E-state index in [1.807, 2.05) is 23.2 Å². The highest BCUT2D eigenvalue weighted by Gasteiger charge is 2.37. The average Bonchev–Trinajstić information content (AvgIpc) is 3.28. The van der Waals surface area contributed by atoms with Crippen molar-refractivity contribution in [3.05, 3.63) is 60.7 Å². The zero-order valence-corrected chi connectivity index (χ0v) is 17.1. The second kappa shape index (κ2) is 7.78. The molecule has 2 fully saturated rings. The lowest BCUT2D eigenvalue weighted by Gasteiger charge is -2.43. The lowest BCUT2D eigenvalue weighted by Crippen LogP contribution is -2.58. The minimum atomic E-state index is 0.0404. The first-order valence-electron chi connectivity index (χ1n) is 10.3. The molecule has 4 heterocycles. The lowest BCUT2D eigenvalue weighted by molar-refractivity contribution is -0.136. The van der Waals surface area contributed by atoms with Crippen LogP contribution in [0.25, 0.3) is 5.82 Å². The number of rotatable bonds is 4. The Balaban J connectivity index is 1.16. The van der Waals surface area contributed by atoms with Crippen LogP contribution >= 0.6 is 0 Å². The number of nitrogens with zero attached hydrogens (tertiary/aromatic N) is 7. The molecule has 0 radical (unpaired) electrons. The molecule has 0 aliphatic carbocycles. The number of amides is 1. The molecule has 8 heteroatoms. The Morgan fingerprint density at radius 2 is 1.77 bits per heavy atom. The zero-order chi connectivity index (χ0) is 20.5. The van der Waals surface area contributed by atoms with E-state index in [4.69, 9.17) is 0 Å². The fourth-order valence-corrected chi connectivity index (χ4v) is 4.13. The molecule has 8 nitrogen and oxygen atoms in total. The van der Waals surface area contributed by atoms with E-state index in [1.54, 1.807) is 17.2 Å². The van der Waals surface area contributed by atoms with E-state index in [0.29, 0.717) is 13.1 Å². The summed E-state index contributed by atoms with van der Waals surface area (Å²) in [5.74, 6) is 1.87. The monoisotopic (exact) mass is 403 g/mol. The number of benzene rings is 1. The van der Waals surface area contributed by atoms with Crippen LogP contribution < -0.4 is 9.80 Å². The van der Waals surface area contributed by atoms with Gasteiger partial charge < -0.3 is 14.7 Å². The van der Waals surface area contributed by atoms with Crippen molar-refractivity contribution in [1.29, 1.82) is 0 Å². The van der Waals surface area contributed by atoms with E-state index < -0.39 is 0 Å².